The summed E-state index contributed by atoms with van der Waals surface area (Å²) in [6.45, 7) is 0. The Hall–Kier alpha value is -0.357. The van der Waals surface area contributed by atoms with Crippen LogP contribution in [0.1, 0.15) is 0 Å². The zero-order valence-corrected chi connectivity index (χ0v) is 11.6. The van der Waals surface area contributed by atoms with Crippen molar-refractivity contribution in [1.82, 2.24) is 0 Å². The van der Waals surface area contributed by atoms with Gasteiger partial charge in [0.2, 0.25) is 5.39 Å². The number of benzene rings is 1. The summed E-state index contributed by atoms with van der Waals surface area (Å²) in [7, 11) is 1.59. The van der Waals surface area contributed by atoms with Gasteiger partial charge in [-0.3, -0.25) is 0 Å². The smallest absolute Gasteiger partial charge is 0.385 e. The number of halogens is 2. The van der Waals surface area contributed by atoms with E-state index in [-0.39, 0.29) is 44.3 Å². The van der Waals surface area contributed by atoms with Crippen LogP contribution in [0.4, 0.5) is 5.69 Å². The van der Waals surface area contributed by atoms with Gasteiger partial charge in [-0.1, -0.05) is 0 Å². The molecule has 0 saturated heterocycles. The molecular formula is C7H7Cl2N2OZn-. The van der Waals surface area contributed by atoms with Crippen molar-refractivity contribution in [3.63, 3.8) is 0 Å². The first kappa shape index (κ1) is 18.4. The van der Waals surface area contributed by atoms with Crippen molar-refractivity contribution < 1.29 is 49.0 Å². The number of methoxy groups -OCH3 is 1. The molecule has 0 amide bonds. The number of hydrogen-bond donors (Lipinski definition) is 0. The molecule has 1 aromatic rings. The Kier molecular flexibility index (Phi) is 13.8. The van der Waals surface area contributed by atoms with Crippen LogP contribution in [0.25, 0.3) is 4.98 Å². The summed E-state index contributed by atoms with van der Waals surface area (Å²) >= 11 is 0. The van der Waals surface area contributed by atoms with E-state index in [2.05, 4.69) is 4.98 Å². The molecule has 0 unspecified atom stereocenters. The van der Waals surface area contributed by atoms with Gasteiger partial charge in [0.25, 0.3) is 0 Å². The van der Waals surface area contributed by atoms with Crippen LogP contribution in [0.2, 0.25) is 0 Å². The van der Waals surface area contributed by atoms with Crippen LogP contribution in [0.5, 0.6) is 5.75 Å². The number of nitrogens with zero attached hydrogens (tertiary/aromatic N) is 2. The third-order valence-electron chi connectivity index (χ3n) is 1.19. The van der Waals surface area contributed by atoms with E-state index < -0.39 is 0 Å². The Morgan fingerprint density at radius 2 is 1.62 bits per heavy atom. The molecule has 0 aromatic heterocycles. The second kappa shape index (κ2) is 9.73. The maximum absolute atomic E-state index is 8.29. The molecule has 1 rings (SSSR count). The van der Waals surface area contributed by atoms with Crippen molar-refractivity contribution in [2.45, 2.75) is 0 Å². The zero-order valence-electron chi connectivity index (χ0n) is 7.08. The largest absolute Gasteiger partial charge is 1.00 e. The Morgan fingerprint density at radius 3 is 1.92 bits per heavy atom. The van der Waals surface area contributed by atoms with Gasteiger partial charge in [0.1, 0.15) is 5.75 Å². The average Bonchev–Trinajstić information content (AvgIpc) is 2.05. The first-order chi connectivity index (χ1) is 4.86. The molecule has 1 aromatic carbocycles. The molecule has 0 spiro atoms. The molecule has 68 valence electrons. The van der Waals surface area contributed by atoms with Gasteiger partial charge in [0.05, 0.1) is 7.11 Å². The van der Waals surface area contributed by atoms with E-state index in [4.69, 9.17) is 10.1 Å². The molecule has 3 nitrogen and oxygen atoms in total. The molecule has 0 radical (unpaired) electrons. The monoisotopic (exact) mass is 269 g/mol. The summed E-state index contributed by atoms with van der Waals surface area (Å²) in [5, 5.41) is 8.29. The van der Waals surface area contributed by atoms with E-state index in [1.807, 2.05) is 0 Å². The van der Waals surface area contributed by atoms with E-state index in [1.54, 1.807) is 31.4 Å². The van der Waals surface area contributed by atoms with Crippen molar-refractivity contribution in [1.29, 1.82) is 5.39 Å². The summed E-state index contributed by atoms with van der Waals surface area (Å²) in [4.78, 5) is 2.99. The summed E-state index contributed by atoms with van der Waals surface area (Å²) in [6, 6.07) is 6.79. The number of rotatable bonds is 1. The molecule has 0 aliphatic heterocycles. The molecule has 0 aliphatic carbocycles. The number of diazo groups is 1. The van der Waals surface area contributed by atoms with E-state index in [9.17, 15) is 0 Å². The minimum atomic E-state index is 0. The van der Waals surface area contributed by atoms with E-state index in [1.165, 1.54) is 0 Å². The van der Waals surface area contributed by atoms with Crippen molar-refractivity contribution in [2.75, 3.05) is 7.11 Å². The molecule has 0 saturated carbocycles. The normalized spacial score (nSPS) is 6.46. The summed E-state index contributed by atoms with van der Waals surface area (Å²) in [5.74, 6) is 0.757. The van der Waals surface area contributed by atoms with Gasteiger partial charge in [-0.15, -0.1) is 0 Å². The van der Waals surface area contributed by atoms with Gasteiger partial charge in [-0.05, 0) is 12.1 Å². The van der Waals surface area contributed by atoms with Crippen molar-refractivity contribution in [3.8, 4) is 5.75 Å². The van der Waals surface area contributed by atoms with E-state index in [0.717, 1.165) is 5.75 Å². The van der Waals surface area contributed by atoms with Gasteiger partial charge < -0.3 is 29.6 Å². The molecule has 0 heterocycles. The third kappa shape index (κ3) is 5.82. The quantitative estimate of drug-likeness (QED) is 0.388. The van der Waals surface area contributed by atoms with Crippen LogP contribution in [0.3, 0.4) is 0 Å². The Bertz CT molecular complexity index is 260. The number of hydrogen-bond acceptors (Lipinski definition) is 2. The van der Waals surface area contributed by atoms with Gasteiger partial charge in [-0.2, -0.15) is 0 Å². The van der Waals surface area contributed by atoms with Crippen molar-refractivity contribution in [3.05, 3.63) is 29.2 Å². The maximum Gasteiger partial charge on any atom is 0.385 e. The summed E-state index contributed by atoms with van der Waals surface area (Å²) in [6.07, 6.45) is 0. The van der Waals surface area contributed by atoms with Gasteiger partial charge in [0, 0.05) is 31.6 Å². The first-order valence-corrected chi connectivity index (χ1v) is 2.86. The van der Waals surface area contributed by atoms with E-state index >= 15 is 0 Å². The Morgan fingerprint density at radius 1 is 1.15 bits per heavy atom. The van der Waals surface area contributed by atoms with Crippen LogP contribution < -0.4 is 29.6 Å². The minimum Gasteiger partial charge on any atom is -1.00 e. The second-order valence-corrected chi connectivity index (χ2v) is 1.80. The molecule has 0 fully saturated rings. The molecule has 6 heteroatoms. The molecule has 0 atom stereocenters. The predicted molar refractivity (Wildman–Crippen MR) is 37.7 cm³/mol. The van der Waals surface area contributed by atoms with Gasteiger partial charge >= 0.3 is 5.69 Å². The van der Waals surface area contributed by atoms with Crippen LogP contribution in [-0.2, 0) is 19.5 Å². The van der Waals surface area contributed by atoms with E-state index in [0.29, 0.717) is 5.69 Å². The first-order valence-electron chi connectivity index (χ1n) is 2.86. The summed E-state index contributed by atoms with van der Waals surface area (Å²) in [5.41, 5.74) is 0.529. The Labute approximate surface area is 102 Å². The average molecular weight is 271 g/mol. The number of ether oxygens (including phenoxy) is 1. The predicted octanol–water partition coefficient (Wildman–Crippen LogP) is -3.81. The van der Waals surface area contributed by atoms with Gasteiger partial charge in [0.15, 0.2) is 4.98 Å². The maximum atomic E-state index is 8.29. The second-order valence-electron chi connectivity index (χ2n) is 1.80. The minimum absolute atomic E-state index is 0. The molecule has 0 aliphatic rings. The third-order valence-corrected chi connectivity index (χ3v) is 1.19. The molecule has 13 heavy (non-hydrogen) atoms. The van der Waals surface area contributed by atoms with Crippen LogP contribution in [0.15, 0.2) is 24.3 Å². The van der Waals surface area contributed by atoms with Crippen LogP contribution in [-0.4, -0.2) is 7.11 Å². The van der Waals surface area contributed by atoms with Crippen LogP contribution >= 0.6 is 0 Å². The molecule has 0 bridgehead atoms. The summed E-state index contributed by atoms with van der Waals surface area (Å²) < 4.78 is 4.89. The standard InChI is InChI=1S/C7H7N2O.2ClH.Zn/c1-10-7-4-2-6(9-8)3-5-7;;;/h2-5H,1H3;2*1H;/q+1;;;/p-2. The molecular weight excluding hydrogens is 264 g/mol. The topological polar surface area (TPSA) is 37.4 Å². The SMILES string of the molecule is COc1ccc([N+]#N)cc1.[Cl-].[Cl-].[Zn]. The van der Waals surface area contributed by atoms with Crippen LogP contribution in [0, 0.1) is 5.39 Å². The Balaban J connectivity index is -0.000000333. The van der Waals surface area contributed by atoms with Gasteiger partial charge in [-0.25, -0.2) is 0 Å². The zero-order chi connectivity index (χ0) is 7.40. The molecule has 0 N–H and O–H groups in total. The fourth-order valence-corrected chi connectivity index (χ4v) is 0.649. The van der Waals surface area contributed by atoms with Crippen molar-refractivity contribution >= 4 is 5.69 Å². The van der Waals surface area contributed by atoms with Crippen molar-refractivity contribution in [2.24, 2.45) is 0 Å². The fourth-order valence-electron chi connectivity index (χ4n) is 0.649. The fraction of sp³-hybridized carbons (Fsp3) is 0.143.